The second kappa shape index (κ2) is 6.12. The smallest absolute Gasteiger partial charge is 0.390 e. The molecule has 1 rings (SSSR count). The van der Waals surface area contributed by atoms with Crippen LogP contribution in [0.1, 0.15) is 0 Å². The van der Waals surface area contributed by atoms with Gasteiger partial charge in [0.1, 0.15) is 0 Å². The van der Waals surface area contributed by atoms with E-state index in [1.54, 1.807) is 20.7 Å². The quantitative estimate of drug-likeness (QED) is 0.303. The van der Waals surface area contributed by atoms with Gasteiger partial charge in [0.2, 0.25) is 10.4 Å². The maximum Gasteiger partial charge on any atom is 0.390 e. The van der Waals surface area contributed by atoms with Crippen LogP contribution in [0, 0.1) is 0 Å². The molecule has 0 radical (unpaired) electrons. The van der Waals surface area contributed by atoms with Crippen LogP contribution in [0.3, 0.4) is 0 Å². The van der Waals surface area contributed by atoms with Crippen LogP contribution < -0.4 is 14.7 Å². The van der Waals surface area contributed by atoms with Gasteiger partial charge in [0, 0.05) is 22.4 Å². The van der Waals surface area contributed by atoms with E-state index in [0.29, 0.717) is 0 Å². The van der Waals surface area contributed by atoms with Crippen LogP contribution in [0.15, 0.2) is 0 Å². The van der Waals surface area contributed by atoms with Crippen LogP contribution in [0.4, 0.5) is 5.13 Å². The SMILES string of the molecule is CNc1nc(=[N+](C)C)ss1.O=S(=O)([O-])O. The predicted octanol–water partition coefficient (Wildman–Crippen LogP) is -0.717. The lowest BCUT2D eigenvalue weighted by Crippen LogP contribution is -2.20. The summed E-state index contributed by atoms with van der Waals surface area (Å²) in [6.45, 7) is 0. The molecule has 0 atom stereocenters. The molecule has 0 aliphatic carbocycles. The number of rotatable bonds is 1. The molecular formula is C5H11N3O4S3. The maximum atomic E-state index is 8.63. The molecule has 10 heteroatoms. The van der Waals surface area contributed by atoms with E-state index in [2.05, 4.69) is 10.3 Å². The summed E-state index contributed by atoms with van der Waals surface area (Å²) in [5.74, 6) is 0. The Labute approximate surface area is 94.7 Å². The van der Waals surface area contributed by atoms with Gasteiger partial charge in [-0.25, -0.2) is 8.42 Å². The first kappa shape index (κ1) is 14.5. The Kier molecular flexibility index (Phi) is 5.90. The van der Waals surface area contributed by atoms with E-state index >= 15 is 0 Å². The predicted molar refractivity (Wildman–Crippen MR) is 59.0 cm³/mol. The van der Waals surface area contributed by atoms with Crippen molar-refractivity contribution < 1.29 is 17.5 Å². The molecule has 0 unspecified atom stereocenters. The zero-order valence-corrected chi connectivity index (χ0v) is 10.7. The van der Waals surface area contributed by atoms with Gasteiger partial charge in [-0.1, -0.05) is 0 Å². The molecule has 0 saturated carbocycles. The van der Waals surface area contributed by atoms with E-state index in [9.17, 15) is 0 Å². The van der Waals surface area contributed by atoms with Crippen LogP contribution in [0.2, 0.25) is 0 Å². The summed E-state index contributed by atoms with van der Waals surface area (Å²) in [5.41, 5.74) is 0. The van der Waals surface area contributed by atoms with Crippen LogP contribution in [0.5, 0.6) is 0 Å². The molecule has 0 bridgehead atoms. The van der Waals surface area contributed by atoms with Crippen molar-refractivity contribution in [3.8, 4) is 0 Å². The minimum absolute atomic E-state index is 0.980. The third kappa shape index (κ3) is 8.44. The van der Waals surface area contributed by atoms with Crippen molar-refractivity contribution in [2.45, 2.75) is 0 Å². The number of aromatic nitrogens is 1. The van der Waals surface area contributed by atoms with E-state index in [1.165, 1.54) is 0 Å². The summed E-state index contributed by atoms with van der Waals surface area (Å²) in [6.07, 6.45) is 0. The Hall–Kier alpha value is -0.550. The van der Waals surface area contributed by atoms with Gasteiger partial charge in [0.05, 0.1) is 14.1 Å². The third-order valence-electron chi connectivity index (χ3n) is 0.989. The van der Waals surface area contributed by atoms with Crippen LogP contribution in [-0.4, -0.2) is 43.7 Å². The summed E-state index contributed by atoms with van der Waals surface area (Å²) in [5, 5.41) is 3.97. The summed E-state index contributed by atoms with van der Waals surface area (Å²) in [6, 6.07) is 0. The average molecular weight is 273 g/mol. The molecule has 0 aliphatic rings. The Morgan fingerprint density at radius 1 is 1.47 bits per heavy atom. The monoisotopic (exact) mass is 273 g/mol. The zero-order chi connectivity index (χ0) is 12.1. The lowest BCUT2D eigenvalue weighted by Gasteiger charge is -1.88. The normalized spacial score (nSPS) is 10.2. The second-order valence-corrected chi connectivity index (χ2v) is 5.38. The highest BCUT2D eigenvalue weighted by molar-refractivity contribution is 7.79. The number of anilines is 1. The first-order valence-electron chi connectivity index (χ1n) is 3.57. The van der Waals surface area contributed by atoms with Gasteiger partial charge in [-0.15, -0.1) is 0 Å². The number of nitrogens with one attached hydrogen (secondary N) is 1. The fourth-order valence-electron chi connectivity index (χ4n) is 0.473. The van der Waals surface area contributed by atoms with Crippen LogP contribution in [0.25, 0.3) is 0 Å². The molecular weight excluding hydrogens is 262 g/mol. The largest absolute Gasteiger partial charge is 0.726 e. The summed E-state index contributed by atoms with van der Waals surface area (Å²) in [7, 11) is 4.28. The van der Waals surface area contributed by atoms with Gasteiger partial charge < -0.3 is 9.87 Å². The Balaban J connectivity index is 0.000000336. The highest BCUT2D eigenvalue weighted by Crippen LogP contribution is 2.10. The van der Waals surface area contributed by atoms with Gasteiger partial charge in [-0.05, 0) is 10.3 Å². The molecule has 0 aliphatic heterocycles. The van der Waals surface area contributed by atoms with Crippen molar-refractivity contribution in [2.24, 2.45) is 0 Å². The third-order valence-corrected chi connectivity index (χ3v) is 3.30. The fourth-order valence-corrected chi connectivity index (χ4v) is 2.55. The van der Waals surface area contributed by atoms with Crippen molar-refractivity contribution >= 4 is 36.2 Å². The molecule has 2 N–H and O–H groups in total. The average Bonchev–Trinajstić information content (AvgIpc) is 2.48. The molecule has 1 heterocycles. The molecule has 88 valence electrons. The number of hydrogen-bond donors (Lipinski definition) is 2. The van der Waals surface area contributed by atoms with E-state index in [-0.39, 0.29) is 0 Å². The van der Waals surface area contributed by atoms with Gasteiger partial charge >= 0.3 is 9.93 Å². The van der Waals surface area contributed by atoms with Crippen molar-refractivity contribution in [1.82, 2.24) is 9.56 Å². The zero-order valence-electron chi connectivity index (χ0n) is 8.29. The molecule has 0 saturated heterocycles. The minimum atomic E-state index is -4.92. The van der Waals surface area contributed by atoms with Crippen molar-refractivity contribution in [2.75, 3.05) is 26.5 Å². The molecule has 15 heavy (non-hydrogen) atoms. The maximum absolute atomic E-state index is 8.63. The molecule has 1 aromatic heterocycles. The summed E-state index contributed by atoms with van der Waals surface area (Å²) in [4.78, 5) is 5.33. The van der Waals surface area contributed by atoms with Crippen molar-refractivity contribution in [1.29, 1.82) is 0 Å². The Morgan fingerprint density at radius 2 is 1.93 bits per heavy atom. The summed E-state index contributed by atoms with van der Waals surface area (Å²) < 4.78 is 34.8. The summed E-state index contributed by atoms with van der Waals surface area (Å²) >= 11 is 0. The van der Waals surface area contributed by atoms with Crippen molar-refractivity contribution in [3.63, 3.8) is 0 Å². The number of hydrogen-bond acceptors (Lipinski definition) is 7. The van der Waals surface area contributed by atoms with E-state index < -0.39 is 10.4 Å². The first-order chi connectivity index (χ1) is 6.74. The molecule has 0 spiro atoms. The van der Waals surface area contributed by atoms with E-state index in [4.69, 9.17) is 17.5 Å². The van der Waals surface area contributed by atoms with Gasteiger partial charge in [-0.3, -0.25) is 9.13 Å². The molecule has 0 amide bonds. The van der Waals surface area contributed by atoms with Gasteiger partial charge in [-0.2, -0.15) is 0 Å². The highest BCUT2D eigenvalue weighted by atomic mass is 32.9. The van der Waals surface area contributed by atoms with E-state index in [1.807, 2.05) is 25.7 Å². The van der Waals surface area contributed by atoms with E-state index in [0.717, 1.165) is 9.93 Å². The molecule has 1 aromatic rings. The Bertz CT molecular complexity index is 448. The Morgan fingerprint density at radius 3 is 2.13 bits per heavy atom. The van der Waals surface area contributed by atoms with Crippen LogP contribution in [-0.2, 0) is 10.4 Å². The standard InChI is InChI=1S/C5H9N3S2.H2O4S/c1-6-4-7-5(8(2)3)10-9-4;1-5(2,3)4/h1-3H3;(H2,1,2,3,4). The minimum Gasteiger partial charge on any atom is -0.726 e. The van der Waals surface area contributed by atoms with Gasteiger partial charge in [0.15, 0.2) is 0 Å². The van der Waals surface area contributed by atoms with Gasteiger partial charge in [0.25, 0.3) is 0 Å². The number of nitrogens with zero attached hydrogens (tertiary/aromatic N) is 2. The van der Waals surface area contributed by atoms with Crippen LogP contribution >= 0.6 is 20.7 Å². The first-order valence-corrected chi connectivity index (χ1v) is 7.09. The lowest BCUT2D eigenvalue weighted by atomic mass is 11.0. The molecule has 0 aromatic carbocycles. The highest BCUT2D eigenvalue weighted by Gasteiger charge is 2.03. The molecule has 7 nitrogen and oxygen atoms in total. The topological polar surface area (TPSA) is 105 Å². The fraction of sp³-hybridized carbons (Fsp3) is 0.600. The second-order valence-electron chi connectivity index (χ2n) is 2.44. The lowest BCUT2D eigenvalue weighted by molar-refractivity contribution is 0.366. The van der Waals surface area contributed by atoms with Crippen molar-refractivity contribution in [3.05, 3.63) is 4.80 Å². The molecule has 0 fully saturated rings.